The Hall–Kier alpha value is -2.86. The molecule has 0 aliphatic carbocycles. The molecule has 2 aromatic carbocycles. The maximum absolute atomic E-state index is 12.4. The molecule has 3 rings (SSSR count). The molecule has 0 unspecified atom stereocenters. The van der Waals surface area contributed by atoms with Crippen LogP contribution in [0.15, 0.2) is 52.1 Å². The van der Waals surface area contributed by atoms with Crippen molar-refractivity contribution < 1.29 is 4.79 Å². The zero-order valence-corrected chi connectivity index (χ0v) is 14.3. The zero-order chi connectivity index (χ0) is 18.0. The molecule has 0 spiro atoms. The Balaban J connectivity index is 1.75. The molecule has 0 bridgehead atoms. The summed E-state index contributed by atoms with van der Waals surface area (Å²) in [5.74, 6) is -0.277. The number of amides is 1. The summed E-state index contributed by atoms with van der Waals surface area (Å²) in [6, 6.07) is 11.8. The fraction of sp³-hybridized carbons (Fsp3) is 0.167. The van der Waals surface area contributed by atoms with E-state index in [-0.39, 0.29) is 30.0 Å². The number of hydrogen-bond donors (Lipinski definition) is 2. The van der Waals surface area contributed by atoms with E-state index in [0.717, 1.165) is 10.2 Å². The van der Waals surface area contributed by atoms with E-state index in [1.54, 1.807) is 36.4 Å². The maximum Gasteiger partial charge on any atom is 0.273 e. The quantitative estimate of drug-likeness (QED) is 0.753. The Morgan fingerprint density at radius 1 is 1.16 bits per heavy atom. The van der Waals surface area contributed by atoms with Crippen molar-refractivity contribution in [2.24, 2.45) is 0 Å². The molecule has 0 radical (unpaired) electrons. The lowest BCUT2D eigenvalue weighted by Gasteiger charge is -2.09. The second kappa shape index (κ2) is 6.94. The second-order valence-electron chi connectivity index (χ2n) is 5.71. The van der Waals surface area contributed by atoms with Crippen LogP contribution in [0.2, 0.25) is 5.02 Å². The Morgan fingerprint density at radius 3 is 2.60 bits per heavy atom. The Labute approximate surface area is 148 Å². The van der Waals surface area contributed by atoms with Gasteiger partial charge in [-0.15, -0.1) is 0 Å². The van der Waals surface area contributed by atoms with Crippen LogP contribution in [0.1, 0.15) is 12.0 Å². The number of fused-ring (bicyclic) bond motifs is 1. The summed E-state index contributed by atoms with van der Waals surface area (Å²) in [5, 5.41) is 6.45. The average molecular weight is 358 g/mol. The van der Waals surface area contributed by atoms with Crippen LogP contribution in [0.5, 0.6) is 0 Å². The first kappa shape index (κ1) is 17.0. The van der Waals surface area contributed by atoms with Crippen molar-refractivity contribution in [1.82, 2.24) is 9.78 Å². The number of H-pyrrole nitrogens is 1. The van der Waals surface area contributed by atoms with Crippen LogP contribution in [0.3, 0.4) is 0 Å². The van der Waals surface area contributed by atoms with Crippen molar-refractivity contribution in [1.29, 1.82) is 0 Å². The highest BCUT2D eigenvalue weighted by Crippen LogP contribution is 2.20. The van der Waals surface area contributed by atoms with Gasteiger partial charge in [0, 0.05) is 17.1 Å². The number of anilines is 1. The zero-order valence-electron chi connectivity index (χ0n) is 13.5. The SMILES string of the molecule is Cc1ccc(NC(=O)CCn2[nH]c(=O)c3ccccc3c2=O)cc1Cl. The monoisotopic (exact) mass is 357 g/mol. The van der Waals surface area contributed by atoms with Gasteiger partial charge in [0.2, 0.25) is 5.91 Å². The lowest BCUT2D eigenvalue weighted by Crippen LogP contribution is -2.31. The van der Waals surface area contributed by atoms with Crippen molar-refractivity contribution in [3.8, 4) is 0 Å². The summed E-state index contributed by atoms with van der Waals surface area (Å²) in [6.45, 7) is 1.95. The van der Waals surface area contributed by atoms with E-state index in [1.807, 2.05) is 13.0 Å². The van der Waals surface area contributed by atoms with Crippen molar-refractivity contribution in [3.63, 3.8) is 0 Å². The molecule has 7 heteroatoms. The van der Waals surface area contributed by atoms with Crippen molar-refractivity contribution in [2.45, 2.75) is 19.9 Å². The topological polar surface area (TPSA) is 84.0 Å². The third-order valence-electron chi connectivity index (χ3n) is 3.90. The lowest BCUT2D eigenvalue weighted by molar-refractivity contribution is -0.116. The predicted octanol–water partition coefficient (Wildman–Crippen LogP) is 2.68. The molecule has 0 atom stereocenters. The minimum atomic E-state index is -0.360. The van der Waals surface area contributed by atoms with Gasteiger partial charge in [0.1, 0.15) is 0 Å². The van der Waals surface area contributed by atoms with Gasteiger partial charge in [0.25, 0.3) is 11.1 Å². The maximum atomic E-state index is 12.4. The Morgan fingerprint density at radius 2 is 1.88 bits per heavy atom. The molecular weight excluding hydrogens is 342 g/mol. The van der Waals surface area contributed by atoms with Crippen LogP contribution in [0, 0.1) is 6.92 Å². The van der Waals surface area contributed by atoms with E-state index in [4.69, 9.17) is 11.6 Å². The highest BCUT2D eigenvalue weighted by molar-refractivity contribution is 6.31. The molecule has 128 valence electrons. The number of carbonyl (C=O) groups excluding carboxylic acids is 1. The second-order valence-corrected chi connectivity index (χ2v) is 6.11. The van der Waals surface area contributed by atoms with Crippen molar-refractivity contribution in [3.05, 3.63) is 73.8 Å². The third-order valence-corrected chi connectivity index (χ3v) is 4.31. The van der Waals surface area contributed by atoms with Crippen LogP contribution >= 0.6 is 11.6 Å². The minimum Gasteiger partial charge on any atom is -0.326 e. The Kier molecular flexibility index (Phi) is 4.72. The van der Waals surface area contributed by atoms with Crippen LogP contribution in [-0.2, 0) is 11.3 Å². The number of halogens is 1. The minimum absolute atomic E-state index is 0.0414. The number of nitrogens with one attached hydrogen (secondary N) is 2. The summed E-state index contributed by atoms with van der Waals surface area (Å²) in [4.78, 5) is 36.5. The van der Waals surface area contributed by atoms with Crippen molar-refractivity contribution in [2.75, 3.05) is 5.32 Å². The summed E-state index contributed by atoms with van der Waals surface area (Å²) in [7, 11) is 0. The molecule has 25 heavy (non-hydrogen) atoms. The predicted molar refractivity (Wildman–Crippen MR) is 98.3 cm³/mol. The lowest BCUT2D eigenvalue weighted by atomic mass is 10.2. The van der Waals surface area contributed by atoms with Gasteiger partial charge in [-0.05, 0) is 36.8 Å². The number of aromatic nitrogens is 2. The standard InChI is InChI=1S/C18H16ClN3O3/c1-11-6-7-12(10-15(11)19)20-16(23)8-9-22-18(25)14-5-3-2-4-13(14)17(24)21-22/h2-7,10H,8-9H2,1H3,(H,20,23)(H,21,24). The number of carbonyl (C=O) groups is 1. The van der Waals surface area contributed by atoms with Crippen LogP contribution in [0.4, 0.5) is 5.69 Å². The summed E-state index contributed by atoms with van der Waals surface area (Å²) < 4.78 is 1.16. The number of benzene rings is 2. The molecule has 0 saturated carbocycles. The Bertz CT molecular complexity index is 1070. The van der Waals surface area contributed by atoms with Gasteiger partial charge in [0.15, 0.2) is 0 Å². The van der Waals surface area contributed by atoms with Crippen LogP contribution in [0.25, 0.3) is 10.8 Å². The van der Waals surface area contributed by atoms with E-state index in [2.05, 4.69) is 10.4 Å². The van der Waals surface area contributed by atoms with E-state index in [1.165, 1.54) is 0 Å². The fourth-order valence-electron chi connectivity index (χ4n) is 2.51. The molecule has 0 aliphatic rings. The molecule has 3 aromatic rings. The first-order chi connectivity index (χ1) is 12.0. The largest absolute Gasteiger partial charge is 0.326 e. The van der Waals surface area contributed by atoms with E-state index in [9.17, 15) is 14.4 Å². The fourth-order valence-corrected chi connectivity index (χ4v) is 2.69. The van der Waals surface area contributed by atoms with Gasteiger partial charge in [-0.2, -0.15) is 0 Å². The highest BCUT2D eigenvalue weighted by atomic mass is 35.5. The molecule has 0 aliphatic heterocycles. The molecule has 2 N–H and O–H groups in total. The van der Waals surface area contributed by atoms with E-state index >= 15 is 0 Å². The molecule has 6 nitrogen and oxygen atoms in total. The van der Waals surface area contributed by atoms with E-state index < -0.39 is 0 Å². The average Bonchev–Trinajstić information content (AvgIpc) is 2.60. The molecule has 1 aromatic heterocycles. The van der Waals surface area contributed by atoms with Crippen molar-refractivity contribution >= 4 is 34.0 Å². The van der Waals surface area contributed by atoms with Gasteiger partial charge in [-0.3, -0.25) is 19.5 Å². The molecule has 1 heterocycles. The third kappa shape index (κ3) is 3.64. The van der Waals surface area contributed by atoms with Gasteiger partial charge >= 0.3 is 0 Å². The van der Waals surface area contributed by atoms with Crippen LogP contribution < -0.4 is 16.4 Å². The first-order valence-corrected chi connectivity index (χ1v) is 8.11. The van der Waals surface area contributed by atoms with Gasteiger partial charge < -0.3 is 5.32 Å². The van der Waals surface area contributed by atoms with Gasteiger partial charge in [-0.25, -0.2) is 4.68 Å². The van der Waals surface area contributed by atoms with Crippen LogP contribution in [-0.4, -0.2) is 15.7 Å². The summed E-state index contributed by atoms with van der Waals surface area (Å²) >= 11 is 6.03. The first-order valence-electron chi connectivity index (χ1n) is 7.73. The number of aryl methyl sites for hydroxylation is 2. The summed E-state index contributed by atoms with van der Waals surface area (Å²) in [5.41, 5.74) is 0.808. The van der Waals surface area contributed by atoms with E-state index in [0.29, 0.717) is 21.5 Å². The molecule has 0 saturated heterocycles. The highest BCUT2D eigenvalue weighted by Gasteiger charge is 2.09. The van der Waals surface area contributed by atoms with Gasteiger partial charge in [0.05, 0.1) is 17.3 Å². The number of aromatic amines is 1. The molecule has 0 fully saturated rings. The molecule has 1 amide bonds. The summed E-state index contributed by atoms with van der Waals surface area (Å²) in [6.07, 6.45) is 0.0414. The number of nitrogens with zero attached hydrogens (tertiary/aromatic N) is 1. The normalized spacial score (nSPS) is 10.8. The number of hydrogen-bond acceptors (Lipinski definition) is 3. The number of rotatable bonds is 4. The smallest absolute Gasteiger partial charge is 0.273 e. The molecular formula is C18H16ClN3O3. The van der Waals surface area contributed by atoms with Gasteiger partial charge in [-0.1, -0.05) is 29.8 Å².